The maximum atomic E-state index is 12.7. The van der Waals surface area contributed by atoms with Gasteiger partial charge in [-0.25, -0.2) is 10.2 Å². The second-order valence-electron chi connectivity index (χ2n) is 7.00. The van der Waals surface area contributed by atoms with Gasteiger partial charge in [-0.1, -0.05) is 6.07 Å². The number of benzene rings is 2. The number of hydrogen-bond acceptors (Lipinski definition) is 6. The Hall–Kier alpha value is -3.89. The zero-order valence-corrected chi connectivity index (χ0v) is 18.5. The molecular formula is C23H24F3N3O5. The van der Waals surface area contributed by atoms with Gasteiger partial charge in [0.1, 0.15) is 5.75 Å². The average molecular weight is 479 g/mol. The Balaban J connectivity index is 1.76. The van der Waals surface area contributed by atoms with Crippen LogP contribution in [-0.2, 0) is 25.3 Å². The minimum absolute atomic E-state index is 0.0117. The third kappa shape index (κ3) is 8.93. The molecule has 2 rings (SSSR count). The molecule has 2 aromatic rings. The molecule has 11 heteroatoms. The molecule has 1 unspecified atom stereocenters. The molecule has 0 saturated carbocycles. The van der Waals surface area contributed by atoms with Crippen molar-refractivity contribution in [2.75, 3.05) is 11.9 Å². The zero-order valence-electron chi connectivity index (χ0n) is 18.5. The van der Waals surface area contributed by atoms with Gasteiger partial charge in [-0.2, -0.15) is 18.3 Å². The lowest BCUT2D eigenvalue weighted by Crippen LogP contribution is -2.26. The lowest BCUT2D eigenvalue weighted by Gasteiger charge is -2.13. The topological polar surface area (TPSA) is 106 Å². The van der Waals surface area contributed by atoms with E-state index in [-0.39, 0.29) is 25.1 Å². The fourth-order valence-corrected chi connectivity index (χ4v) is 2.60. The van der Waals surface area contributed by atoms with Crippen LogP contribution in [0.2, 0.25) is 0 Å². The Morgan fingerprint density at radius 3 is 2.38 bits per heavy atom. The molecule has 0 spiro atoms. The summed E-state index contributed by atoms with van der Waals surface area (Å²) in [7, 11) is 0. The van der Waals surface area contributed by atoms with E-state index in [9.17, 15) is 27.6 Å². The summed E-state index contributed by atoms with van der Waals surface area (Å²) in [5.41, 5.74) is 2.01. The van der Waals surface area contributed by atoms with Gasteiger partial charge in [0.25, 0.3) is 0 Å². The lowest BCUT2D eigenvalue weighted by molar-refractivity contribution is -0.150. The predicted octanol–water partition coefficient (Wildman–Crippen LogP) is 3.90. The van der Waals surface area contributed by atoms with Crippen LogP contribution in [0.25, 0.3) is 0 Å². The van der Waals surface area contributed by atoms with E-state index >= 15 is 0 Å². The molecule has 182 valence electrons. The van der Waals surface area contributed by atoms with E-state index in [0.717, 1.165) is 12.1 Å². The number of anilines is 1. The number of ether oxygens (including phenoxy) is 2. The molecule has 0 radical (unpaired) electrons. The number of nitrogens with zero attached hydrogens (tertiary/aromatic N) is 1. The Labute approximate surface area is 194 Å². The number of alkyl halides is 3. The van der Waals surface area contributed by atoms with Crippen molar-refractivity contribution >= 4 is 29.7 Å². The molecule has 0 heterocycles. The van der Waals surface area contributed by atoms with Crippen LogP contribution in [0.5, 0.6) is 5.75 Å². The summed E-state index contributed by atoms with van der Waals surface area (Å²) in [4.78, 5) is 35.3. The highest BCUT2D eigenvalue weighted by atomic mass is 19.4. The van der Waals surface area contributed by atoms with Crippen LogP contribution in [0, 0.1) is 0 Å². The summed E-state index contributed by atoms with van der Waals surface area (Å²) in [6.07, 6.45) is -4.35. The van der Waals surface area contributed by atoms with Crippen molar-refractivity contribution in [1.82, 2.24) is 5.43 Å². The van der Waals surface area contributed by atoms with Crippen LogP contribution in [0.3, 0.4) is 0 Å². The summed E-state index contributed by atoms with van der Waals surface area (Å²) in [5, 5.41) is 6.12. The Kier molecular flexibility index (Phi) is 9.60. The van der Waals surface area contributed by atoms with Crippen LogP contribution in [0.4, 0.5) is 18.9 Å². The molecule has 0 aliphatic carbocycles. The van der Waals surface area contributed by atoms with E-state index in [2.05, 4.69) is 15.8 Å². The molecule has 0 bridgehead atoms. The number of nitrogens with one attached hydrogen (secondary N) is 2. The molecule has 0 aromatic heterocycles. The van der Waals surface area contributed by atoms with Crippen LogP contribution in [0.15, 0.2) is 53.6 Å². The van der Waals surface area contributed by atoms with E-state index in [4.69, 9.17) is 9.47 Å². The number of rotatable bonds is 10. The van der Waals surface area contributed by atoms with Crippen molar-refractivity contribution in [2.24, 2.45) is 5.10 Å². The second kappa shape index (κ2) is 12.4. The zero-order chi connectivity index (χ0) is 25.1. The molecule has 0 fully saturated rings. The summed E-state index contributed by atoms with van der Waals surface area (Å²) < 4.78 is 48.5. The van der Waals surface area contributed by atoms with Crippen molar-refractivity contribution < 1.29 is 37.0 Å². The largest absolute Gasteiger partial charge is 0.479 e. The number of esters is 1. The first-order valence-electron chi connectivity index (χ1n) is 10.3. The first-order chi connectivity index (χ1) is 16.1. The number of halogens is 3. The fourth-order valence-electron chi connectivity index (χ4n) is 2.60. The molecule has 34 heavy (non-hydrogen) atoms. The molecule has 0 aliphatic heterocycles. The molecule has 2 amide bonds. The van der Waals surface area contributed by atoms with Gasteiger partial charge in [-0.05, 0) is 61.9 Å². The standard InChI is InChI=1S/C23H24F3N3O5/c1-3-33-22(32)15(2)34-19-9-7-16(8-10-19)14-27-29-21(31)12-11-20(30)28-18-6-4-5-17(13-18)23(24,25)26/h4-10,13-15H,3,11-12H2,1-2H3,(H,28,30)(H,29,31). The maximum Gasteiger partial charge on any atom is 0.416 e. The minimum Gasteiger partial charge on any atom is -0.479 e. The van der Waals surface area contributed by atoms with Crippen molar-refractivity contribution in [1.29, 1.82) is 0 Å². The smallest absolute Gasteiger partial charge is 0.416 e. The first-order valence-corrected chi connectivity index (χ1v) is 10.3. The van der Waals surface area contributed by atoms with Gasteiger partial charge in [0.2, 0.25) is 11.8 Å². The molecular weight excluding hydrogens is 455 g/mol. The van der Waals surface area contributed by atoms with Crippen molar-refractivity contribution in [3.8, 4) is 5.75 Å². The van der Waals surface area contributed by atoms with E-state index in [1.807, 2.05) is 0 Å². The number of hydrogen-bond donors (Lipinski definition) is 2. The fraction of sp³-hybridized carbons (Fsp3) is 0.304. The number of hydrazone groups is 1. The van der Waals surface area contributed by atoms with E-state index in [0.29, 0.717) is 11.3 Å². The third-order valence-corrected chi connectivity index (χ3v) is 4.27. The van der Waals surface area contributed by atoms with Gasteiger partial charge < -0.3 is 14.8 Å². The summed E-state index contributed by atoms with van der Waals surface area (Å²) in [6, 6.07) is 10.8. The molecule has 2 N–H and O–H groups in total. The predicted molar refractivity (Wildman–Crippen MR) is 118 cm³/mol. The van der Waals surface area contributed by atoms with Gasteiger partial charge in [0.05, 0.1) is 18.4 Å². The number of amides is 2. The number of carbonyl (C=O) groups excluding carboxylic acids is 3. The second-order valence-corrected chi connectivity index (χ2v) is 7.00. The normalized spacial score (nSPS) is 12.1. The highest BCUT2D eigenvalue weighted by Gasteiger charge is 2.30. The summed E-state index contributed by atoms with van der Waals surface area (Å²) in [6.45, 7) is 3.53. The van der Waals surface area contributed by atoms with Crippen LogP contribution in [0.1, 0.15) is 37.8 Å². The molecule has 0 aliphatic rings. The molecule has 0 saturated heterocycles. The molecule has 2 aromatic carbocycles. The quantitative estimate of drug-likeness (QED) is 0.305. The van der Waals surface area contributed by atoms with E-state index in [1.54, 1.807) is 38.1 Å². The van der Waals surface area contributed by atoms with Crippen LogP contribution >= 0.6 is 0 Å². The average Bonchev–Trinajstić information content (AvgIpc) is 2.78. The minimum atomic E-state index is -4.52. The lowest BCUT2D eigenvalue weighted by atomic mass is 10.2. The van der Waals surface area contributed by atoms with Crippen LogP contribution < -0.4 is 15.5 Å². The van der Waals surface area contributed by atoms with Crippen molar-refractivity contribution in [2.45, 2.75) is 39.0 Å². The van der Waals surface area contributed by atoms with Gasteiger partial charge in [-0.3, -0.25) is 9.59 Å². The van der Waals surface area contributed by atoms with E-state index < -0.39 is 35.6 Å². The Morgan fingerprint density at radius 2 is 1.74 bits per heavy atom. The highest BCUT2D eigenvalue weighted by Crippen LogP contribution is 2.30. The van der Waals surface area contributed by atoms with Gasteiger partial charge in [-0.15, -0.1) is 0 Å². The summed E-state index contributed by atoms with van der Waals surface area (Å²) in [5.74, 6) is -1.17. The van der Waals surface area contributed by atoms with Gasteiger partial charge in [0.15, 0.2) is 6.10 Å². The molecule has 8 nitrogen and oxygen atoms in total. The molecule has 1 atom stereocenters. The first kappa shape index (κ1) is 26.4. The van der Waals surface area contributed by atoms with Crippen LogP contribution in [-0.4, -0.2) is 36.7 Å². The van der Waals surface area contributed by atoms with Gasteiger partial charge in [0, 0.05) is 18.5 Å². The highest BCUT2D eigenvalue weighted by molar-refractivity contribution is 5.93. The third-order valence-electron chi connectivity index (χ3n) is 4.27. The van der Waals surface area contributed by atoms with Gasteiger partial charge >= 0.3 is 12.1 Å². The Morgan fingerprint density at radius 1 is 1.06 bits per heavy atom. The van der Waals surface area contributed by atoms with Crippen molar-refractivity contribution in [3.63, 3.8) is 0 Å². The Bertz CT molecular complexity index is 1020. The maximum absolute atomic E-state index is 12.7. The number of carbonyl (C=O) groups is 3. The SMILES string of the molecule is CCOC(=O)C(C)Oc1ccc(C=NNC(=O)CCC(=O)Nc2cccc(C(F)(F)F)c2)cc1. The van der Waals surface area contributed by atoms with Crippen molar-refractivity contribution in [3.05, 3.63) is 59.7 Å². The van der Waals surface area contributed by atoms with E-state index in [1.165, 1.54) is 18.3 Å². The summed E-state index contributed by atoms with van der Waals surface area (Å²) >= 11 is 0. The monoisotopic (exact) mass is 479 g/mol.